The van der Waals surface area contributed by atoms with E-state index in [2.05, 4.69) is 0 Å². The molecule has 0 saturated carbocycles. The highest BCUT2D eigenvalue weighted by molar-refractivity contribution is 5.49. The fourth-order valence-electron chi connectivity index (χ4n) is 1.79. The highest BCUT2D eigenvalue weighted by atomic mass is 16.5. The molecule has 0 atom stereocenters. The van der Waals surface area contributed by atoms with E-state index in [1.807, 2.05) is 60.8 Å². The van der Waals surface area contributed by atoms with Crippen molar-refractivity contribution in [3.8, 4) is 0 Å². The lowest BCUT2D eigenvalue weighted by Crippen LogP contribution is -2.03. The molecule has 0 heterocycles. The molecular formula is C16H16O2-2. The minimum absolute atomic E-state index is 0.864. The van der Waals surface area contributed by atoms with Crippen LogP contribution in [0, 0.1) is 12.2 Å². The van der Waals surface area contributed by atoms with Crippen molar-refractivity contribution in [2.45, 2.75) is 0 Å². The van der Waals surface area contributed by atoms with E-state index in [0.717, 1.165) is 23.4 Å². The number of rotatable bonds is 3. The molecule has 2 nitrogen and oxygen atoms in total. The largest absolute Gasteiger partial charge is 0.395 e. The number of allylic oxidation sites excluding steroid dienone is 6. The quantitative estimate of drug-likeness (QED) is 0.703. The second-order valence-electron chi connectivity index (χ2n) is 3.82. The summed E-state index contributed by atoms with van der Waals surface area (Å²) in [6, 6.07) is 0. The Morgan fingerprint density at radius 1 is 0.778 bits per heavy atom. The summed E-state index contributed by atoms with van der Waals surface area (Å²) in [6.45, 7) is 0. The van der Waals surface area contributed by atoms with Gasteiger partial charge in [-0.3, -0.25) is 0 Å². The third kappa shape index (κ3) is 2.86. The number of ether oxygens (including phenoxy) is 2. The van der Waals surface area contributed by atoms with Crippen LogP contribution in [0.3, 0.4) is 0 Å². The lowest BCUT2D eigenvalue weighted by Gasteiger charge is -2.25. The number of hydrogen-bond donors (Lipinski definition) is 0. The van der Waals surface area contributed by atoms with Gasteiger partial charge in [-0.15, -0.1) is 59.8 Å². The van der Waals surface area contributed by atoms with Crippen LogP contribution in [0.4, 0.5) is 0 Å². The van der Waals surface area contributed by atoms with Crippen LogP contribution in [-0.2, 0) is 9.47 Å². The van der Waals surface area contributed by atoms with Crippen LogP contribution in [0.2, 0.25) is 0 Å². The number of hydrogen-bond acceptors (Lipinski definition) is 2. The van der Waals surface area contributed by atoms with Gasteiger partial charge in [-0.05, 0) is 12.2 Å². The van der Waals surface area contributed by atoms with Gasteiger partial charge in [0.1, 0.15) is 0 Å². The lowest BCUT2D eigenvalue weighted by molar-refractivity contribution is 0.251. The molecule has 2 aliphatic rings. The van der Waals surface area contributed by atoms with Gasteiger partial charge < -0.3 is 9.47 Å². The van der Waals surface area contributed by atoms with E-state index in [0.29, 0.717) is 0 Å². The fraction of sp³-hybridized carbons (Fsp3) is 0.125. The van der Waals surface area contributed by atoms with E-state index in [4.69, 9.17) is 9.47 Å². The average molecular weight is 240 g/mol. The molecule has 94 valence electrons. The van der Waals surface area contributed by atoms with E-state index in [-0.39, 0.29) is 0 Å². The van der Waals surface area contributed by atoms with Crippen LogP contribution >= 0.6 is 0 Å². The van der Waals surface area contributed by atoms with Gasteiger partial charge in [-0.2, -0.15) is 12.2 Å². The van der Waals surface area contributed by atoms with Crippen molar-refractivity contribution in [2.75, 3.05) is 14.2 Å². The Morgan fingerprint density at radius 3 is 1.61 bits per heavy atom. The van der Waals surface area contributed by atoms with E-state index < -0.39 is 0 Å². The SMILES string of the molecule is CO[C-]1C=CC=C/C1=C\C=C1/C=CC=C[C-]1OC. The first-order valence-corrected chi connectivity index (χ1v) is 5.79. The molecule has 0 aliphatic heterocycles. The molecule has 18 heavy (non-hydrogen) atoms. The molecule has 0 bridgehead atoms. The first-order chi connectivity index (χ1) is 8.85. The maximum Gasteiger partial charge on any atom is 0.0304 e. The first-order valence-electron chi connectivity index (χ1n) is 5.79. The van der Waals surface area contributed by atoms with Gasteiger partial charge in [0.25, 0.3) is 0 Å². The second kappa shape index (κ2) is 6.15. The molecule has 0 spiro atoms. The minimum atomic E-state index is 0.864. The Hall–Kier alpha value is -1.90. The molecule has 0 aromatic carbocycles. The second-order valence-corrected chi connectivity index (χ2v) is 3.82. The maximum absolute atomic E-state index is 5.31. The smallest absolute Gasteiger partial charge is 0.0304 e. The zero-order valence-corrected chi connectivity index (χ0v) is 10.6. The van der Waals surface area contributed by atoms with Crippen LogP contribution in [0.15, 0.2) is 71.9 Å². The van der Waals surface area contributed by atoms with Gasteiger partial charge in [0.2, 0.25) is 0 Å². The maximum atomic E-state index is 5.31. The van der Waals surface area contributed by atoms with Crippen molar-refractivity contribution in [2.24, 2.45) is 0 Å². The predicted molar refractivity (Wildman–Crippen MR) is 73.2 cm³/mol. The predicted octanol–water partition coefficient (Wildman–Crippen LogP) is 3.45. The monoisotopic (exact) mass is 240 g/mol. The van der Waals surface area contributed by atoms with Gasteiger partial charge in [0.05, 0.1) is 0 Å². The molecule has 0 aromatic rings. The molecule has 2 heteroatoms. The van der Waals surface area contributed by atoms with E-state index in [1.165, 1.54) is 0 Å². The zero-order valence-electron chi connectivity index (χ0n) is 10.6. The fourth-order valence-corrected chi connectivity index (χ4v) is 1.79. The Kier molecular flexibility index (Phi) is 4.29. The van der Waals surface area contributed by atoms with Gasteiger partial charge >= 0.3 is 0 Å². The van der Waals surface area contributed by atoms with Gasteiger partial charge in [0.15, 0.2) is 0 Å². The molecule has 2 rings (SSSR count). The van der Waals surface area contributed by atoms with Crippen molar-refractivity contribution in [1.82, 2.24) is 0 Å². The van der Waals surface area contributed by atoms with Crippen LogP contribution in [0.5, 0.6) is 0 Å². The van der Waals surface area contributed by atoms with Gasteiger partial charge in [-0.1, -0.05) is 0 Å². The summed E-state index contributed by atoms with van der Waals surface area (Å²) in [6.07, 6.45) is 21.6. The highest BCUT2D eigenvalue weighted by Gasteiger charge is 2.02. The first kappa shape index (κ1) is 12.6. The van der Waals surface area contributed by atoms with Crippen molar-refractivity contribution in [1.29, 1.82) is 0 Å². The summed E-state index contributed by atoms with van der Waals surface area (Å²) in [7, 11) is 3.35. The van der Waals surface area contributed by atoms with Gasteiger partial charge in [-0.25, -0.2) is 0 Å². The molecule has 0 amide bonds. The normalized spacial score (nSPS) is 22.6. The molecule has 0 fully saturated rings. The molecule has 0 aromatic heterocycles. The third-order valence-electron chi connectivity index (χ3n) is 2.72. The molecule has 0 N–H and O–H groups in total. The zero-order chi connectivity index (χ0) is 12.8. The summed E-state index contributed by atoms with van der Waals surface area (Å²) < 4.78 is 10.6. The molecule has 0 unspecified atom stereocenters. The topological polar surface area (TPSA) is 18.5 Å². The molecular weight excluding hydrogens is 224 g/mol. The summed E-state index contributed by atoms with van der Waals surface area (Å²) in [5.74, 6) is 0. The highest BCUT2D eigenvalue weighted by Crippen LogP contribution is 2.25. The van der Waals surface area contributed by atoms with Crippen LogP contribution in [0.25, 0.3) is 0 Å². The van der Waals surface area contributed by atoms with Crippen molar-refractivity contribution >= 4 is 0 Å². The van der Waals surface area contributed by atoms with Gasteiger partial charge in [0, 0.05) is 14.2 Å². The van der Waals surface area contributed by atoms with Crippen molar-refractivity contribution < 1.29 is 9.47 Å². The van der Waals surface area contributed by atoms with Crippen LogP contribution in [0.1, 0.15) is 0 Å². The number of methoxy groups -OCH3 is 2. The Balaban J connectivity index is 2.18. The molecule has 0 saturated heterocycles. The summed E-state index contributed by atoms with van der Waals surface area (Å²) in [5.41, 5.74) is 2.09. The van der Waals surface area contributed by atoms with Crippen molar-refractivity contribution in [3.63, 3.8) is 0 Å². The minimum Gasteiger partial charge on any atom is -0.395 e. The Morgan fingerprint density at radius 2 is 1.22 bits per heavy atom. The van der Waals surface area contributed by atoms with E-state index in [9.17, 15) is 0 Å². The van der Waals surface area contributed by atoms with E-state index >= 15 is 0 Å². The van der Waals surface area contributed by atoms with Crippen LogP contribution in [-0.4, -0.2) is 14.2 Å². The molecule has 2 aliphatic carbocycles. The standard InChI is InChI=1S/C16H16O2/c1-17-15-9-5-3-7-13(15)11-12-14-8-4-6-10-16(14)18-2/h3-12H,1-2H3/q-2/b13-11+,14-12+. The average Bonchev–Trinajstić information content (AvgIpc) is 2.45. The van der Waals surface area contributed by atoms with Crippen molar-refractivity contribution in [3.05, 3.63) is 84.1 Å². The lowest BCUT2D eigenvalue weighted by atomic mass is 10.0. The Labute approximate surface area is 108 Å². The molecule has 0 radical (unpaired) electrons. The Bertz CT molecular complexity index is 417. The summed E-state index contributed by atoms with van der Waals surface area (Å²) in [5, 5.41) is 0. The summed E-state index contributed by atoms with van der Waals surface area (Å²) >= 11 is 0. The van der Waals surface area contributed by atoms with Crippen LogP contribution < -0.4 is 0 Å². The van der Waals surface area contributed by atoms with E-state index in [1.54, 1.807) is 14.2 Å². The summed E-state index contributed by atoms with van der Waals surface area (Å²) in [4.78, 5) is 0. The third-order valence-corrected chi connectivity index (χ3v) is 2.72.